The zero-order valence-corrected chi connectivity index (χ0v) is 10.8. The Labute approximate surface area is 106 Å². The van der Waals surface area contributed by atoms with Gasteiger partial charge in [0.25, 0.3) is 0 Å². The number of aromatic nitrogens is 2. The molecule has 0 saturated carbocycles. The fourth-order valence-electron chi connectivity index (χ4n) is 1.22. The molecule has 0 unspecified atom stereocenters. The van der Waals surface area contributed by atoms with Crippen LogP contribution in [-0.2, 0) is 9.53 Å². The highest BCUT2D eigenvalue weighted by atomic mass is 16.5. The van der Waals surface area contributed by atoms with E-state index in [4.69, 9.17) is 10.5 Å². The molecule has 100 valence electrons. The second kappa shape index (κ2) is 6.63. The Bertz CT molecular complexity index is 409. The summed E-state index contributed by atoms with van der Waals surface area (Å²) in [4.78, 5) is 18.9. The number of carbonyl (C=O) groups is 1. The highest BCUT2D eigenvalue weighted by Crippen LogP contribution is 2.25. The van der Waals surface area contributed by atoms with E-state index in [1.165, 1.54) is 13.4 Å². The molecule has 0 aliphatic heterocycles. The number of nitrogen functional groups attached to an aromatic ring is 1. The maximum absolute atomic E-state index is 10.9. The fourth-order valence-corrected chi connectivity index (χ4v) is 1.22. The van der Waals surface area contributed by atoms with Crippen LogP contribution in [0.3, 0.4) is 0 Å². The van der Waals surface area contributed by atoms with Gasteiger partial charge in [0.2, 0.25) is 5.88 Å². The average Bonchev–Trinajstić information content (AvgIpc) is 2.33. The second-order valence-electron chi connectivity index (χ2n) is 3.86. The van der Waals surface area contributed by atoms with E-state index in [0.717, 1.165) is 0 Å². The van der Waals surface area contributed by atoms with Crippen molar-refractivity contribution in [3.05, 3.63) is 6.33 Å². The fraction of sp³-hybridized carbons (Fsp3) is 0.545. The third-order valence-corrected chi connectivity index (χ3v) is 2.04. The molecule has 0 spiro atoms. The third-order valence-electron chi connectivity index (χ3n) is 2.04. The Morgan fingerprint density at radius 2 is 2.22 bits per heavy atom. The van der Waals surface area contributed by atoms with Crippen LogP contribution in [0.2, 0.25) is 0 Å². The molecule has 0 fully saturated rings. The molecule has 18 heavy (non-hydrogen) atoms. The van der Waals surface area contributed by atoms with Gasteiger partial charge in [-0.25, -0.2) is 4.98 Å². The molecule has 1 aromatic rings. The molecule has 0 aromatic carbocycles. The van der Waals surface area contributed by atoms with Gasteiger partial charge < -0.3 is 20.5 Å². The molecule has 1 heterocycles. The summed E-state index contributed by atoms with van der Waals surface area (Å²) < 4.78 is 9.95. The molecule has 0 aliphatic carbocycles. The van der Waals surface area contributed by atoms with Crippen LogP contribution in [0, 0.1) is 0 Å². The normalized spacial score (nSPS) is 10.2. The quantitative estimate of drug-likeness (QED) is 0.725. The molecular formula is C11H18N4O3. The Morgan fingerprint density at radius 3 is 2.83 bits per heavy atom. The van der Waals surface area contributed by atoms with Crippen molar-refractivity contribution in [2.24, 2.45) is 0 Å². The second-order valence-corrected chi connectivity index (χ2v) is 3.86. The van der Waals surface area contributed by atoms with Crippen molar-refractivity contribution in [1.29, 1.82) is 0 Å². The molecule has 0 atom stereocenters. The van der Waals surface area contributed by atoms with Gasteiger partial charge in [-0.3, -0.25) is 4.79 Å². The molecule has 1 rings (SSSR count). The Balaban J connectivity index is 2.63. The highest BCUT2D eigenvalue weighted by molar-refractivity contribution is 5.71. The largest absolute Gasteiger partial charge is 0.473 e. The van der Waals surface area contributed by atoms with Crippen LogP contribution in [0.5, 0.6) is 5.88 Å². The number of ether oxygens (including phenoxy) is 2. The van der Waals surface area contributed by atoms with Gasteiger partial charge in [-0.15, -0.1) is 0 Å². The van der Waals surface area contributed by atoms with Crippen LogP contribution in [-0.4, -0.2) is 35.7 Å². The minimum atomic E-state index is -0.297. The van der Waals surface area contributed by atoms with Crippen molar-refractivity contribution in [2.75, 3.05) is 24.7 Å². The molecule has 1 aromatic heterocycles. The maximum Gasteiger partial charge on any atom is 0.307 e. The number of anilines is 2. The molecule has 0 aliphatic rings. The number of hydrogen-bond donors (Lipinski definition) is 2. The van der Waals surface area contributed by atoms with Crippen molar-refractivity contribution in [1.82, 2.24) is 9.97 Å². The van der Waals surface area contributed by atoms with Crippen LogP contribution in [0.1, 0.15) is 20.3 Å². The number of nitrogens with two attached hydrogens (primary N) is 1. The summed E-state index contributed by atoms with van der Waals surface area (Å²) in [6.07, 6.45) is 1.57. The van der Waals surface area contributed by atoms with Gasteiger partial charge in [0.15, 0.2) is 5.82 Å². The summed E-state index contributed by atoms with van der Waals surface area (Å²) in [5.74, 6) is 0.485. The molecule has 0 bridgehead atoms. The van der Waals surface area contributed by atoms with E-state index < -0.39 is 0 Å². The van der Waals surface area contributed by atoms with Gasteiger partial charge in [-0.1, -0.05) is 0 Å². The number of hydrogen-bond acceptors (Lipinski definition) is 7. The van der Waals surface area contributed by atoms with Crippen molar-refractivity contribution < 1.29 is 14.3 Å². The standard InChI is InChI=1S/C11H18N4O3/c1-7(2)18-11-9(12)10(14-6-15-11)13-5-4-8(16)17-3/h6-7H,4-5,12H2,1-3H3,(H,13,14,15). The lowest BCUT2D eigenvalue weighted by Crippen LogP contribution is -2.14. The monoisotopic (exact) mass is 254 g/mol. The first-order chi connectivity index (χ1) is 8.54. The van der Waals surface area contributed by atoms with Gasteiger partial charge in [0.05, 0.1) is 19.6 Å². The minimum absolute atomic E-state index is 0.0230. The van der Waals surface area contributed by atoms with Gasteiger partial charge in [0, 0.05) is 6.54 Å². The van der Waals surface area contributed by atoms with Crippen molar-refractivity contribution >= 4 is 17.5 Å². The Morgan fingerprint density at radius 1 is 1.50 bits per heavy atom. The lowest BCUT2D eigenvalue weighted by atomic mass is 10.4. The predicted molar refractivity (Wildman–Crippen MR) is 67.3 cm³/mol. The lowest BCUT2D eigenvalue weighted by Gasteiger charge is -2.13. The number of carbonyl (C=O) groups excluding carboxylic acids is 1. The molecule has 0 saturated heterocycles. The van der Waals surface area contributed by atoms with Gasteiger partial charge in [0.1, 0.15) is 12.0 Å². The van der Waals surface area contributed by atoms with Crippen LogP contribution in [0.4, 0.5) is 11.5 Å². The highest BCUT2D eigenvalue weighted by Gasteiger charge is 2.10. The summed E-state index contributed by atoms with van der Waals surface area (Å²) >= 11 is 0. The zero-order valence-electron chi connectivity index (χ0n) is 10.8. The predicted octanol–water partition coefficient (Wildman–Crippen LogP) is 0.821. The van der Waals surface area contributed by atoms with E-state index in [1.54, 1.807) is 0 Å². The average molecular weight is 254 g/mol. The number of esters is 1. The van der Waals surface area contributed by atoms with Crippen molar-refractivity contribution in [3.8, 4) is 5.88 Å². The summed E-state index contributed by atoms with van der Waals surface area (Å²) in [5, 5.41) is 2.93. The summed E-state index contributed by atoms with van der Waals surface area (Å²) in [6.45, 7) is 4.15. The summed E-state index contributed by atoms with van der Waals surface area (Å²) in [7, 11) is 1.34. The van der Waals surface area contributed by atoms with Gasteiger partial charge >= 0.3 is 5.97 Å². The molecule has 0 radical (unpaired) electrons. The number of rotatable bonds is 6. The molecule has 3 N–H and O–H groups in total. The molecule has 7 nitrogen and oxygen atoms in total. The van der Waals surface area contributed by atoms with Crippen molar-refractivity contribution in [3.63, 3.8) is 0 Å². The molecular weight excluding hydrogens is 236 g/mol. The van der Waals surface area contributed by atoms with E-state index in [9.17, 15) is 4.79 Å². The van der Waals surface area contributed by atoms with E-state index in [0.29, 0.717) is 23.9 Å². The number of nitrogens with zero attached hydrogens (tertiary/aromatic N) is 2. The first-order valence-electron chi connectivity index (χ1n) is 5.62. The Kier molecular flexibility index (Phi) is 5.16. The van der Waals surface area contributed by atoms with Gasteiger partial charge in [-0.2, -0.15) is 4.98 Å². The van der Waals surface area contributed by atoms with E-state index in [-0.39, 0.29) is 18.5 Å². The maximum atomic E-state index is 10.9. The first kappa shape index (κ1) is 14.0. The third kappa shape index (κ3) is 4.08. The van der Waals surface area contributed by atoms with Crippen LogP contribution in [0.25, 0.3) is 0 Å². The minimum Gasteiger partial charge on any atom is -0.473 e. The smallest absolute Gasteiger partial charge is 0.307 e. The van der Waals surface area contributed by atoms with E-state index in [1.807, 2.05) is 13.8 Å². The van der Waals surface area contributed by atoms with Crippen LogP contribution in [0.15, 0.2) is 6.33 Å². The number of nitrogens with one attached hydrogen (secondary N) is 1. The molecule has 0 amide bonds. The van der Waals surface area contributed by atoms with Gasteiger partial charge in [-0.05, 0) is 13.8 Å². The van der Waals surface area contributed by atoms with E-state index >= 15 is 0 Å². The van der Waals surface area contributed by atoms with Crippen LogP contribution >= 0.6 is 0 Å². The Hall–Kier alpha value is -2.05. The summed E-state index contributed by atoms with van der Waals surface area (Å²) in [5.41, 5.74) is 6.18. The van der Waals surface area contributed by atoms with Crippen molar-refractivity contribution in [2.45, 2.75) is 26.4 Å². The first-order valence-corrected chi connectivity index (χ1v) is 5.62. The zero-order chi connectivity index (χ0) is 13.5. The summed E-state index contributed by atoms with van der Waals surface area (Å²) in [6, 6.07) is 0. The lowest BCUT2D eigenvalue weighted by molar-refractivity contribution is -0.140. The molecule has 7 heteroatoms. The van der Waals surface area contributed by atoms with E-state index in [2.05, 4.69) is 20.0 Å². The van der Waals surface area contributed by atoms with Crippen LogP contribution < -0.4 is 15.8 Å². The number of methoxy groups -OCH3 is 1. The SMILES string of the molecule is COC(=O)CCNc1ncnc(OC(C)C)c1N. The topological polar surface area (TPSA) is 99.4 Å².